The Morgan fingerprint density at radius 3 is 2.49 bits per heavy atom. The summed E-state index contributed by atoms with van der Waals surface area (Å²) in [7, 11) is -2.77. The SMILES string of the molecule is CN(C(=O)[C@H](Cc1ccccc1)NC(=O)NS(=O)(=O)c1cc(Cl)sc1Cl)c1ccc2c(c1)OCO2. The van der Waals surface area contributed by atoms with Gasteiger partial charge in [-0.1, -0.05) is 53.5 Å². The first kappa shape index (κ1) is 25.1. The summed E-state index contributed by atoms with van der Waals surface area (Å²) in [6.07, 6.45) is 0.118. The van der Waals surface area contributed by atoms with E-state index in [1.165, 1.54) is 4.90 Å². The Hall–Kier alpha value is -2.99. The first-order valence-corrected chi connectivity index (χ1v) is 13.2. The fourth-order valence-corrected chi connectivity index (χ4v) is 6.44. The Balaban J connectivity index is 1.54. The summed E-state index contributed by atoms with van der Waals surface area (Å²) in [6.45, 7) is 0.0860. The van der Waals surface area contributed by atoms with Crippen molar-refractivity contribution in [2.24, 2.45) is 0 Å². The number of nitrogens with one attached hydrogen (secondary N) is 2. The summed E-state index contributed by atoms with van der Waals surface area (Å²) in [4.78, 5) is 27.1. The molecule has 0 fully saturated rings. The van der Waals surface area contributed by atoms with E-state index in [1.807, 2.05) is 10.8 Å². The number of hydrogen-bond acceptors (Lipinski definition) is 7. The van der Waals surface area contributed by atoms with Gasteiger partial charge in [-0.15, -0.1) is 11.3 Å². The topological polar surface area (TPSA) is 114 Å². The number of likely N-dealkylation sites (N-methyl/N-ethyl adjacent to an activating group) is 1. The number of hydrogen-bond donors (Lipinski definition) is 2. The average molecular weight is 556 g/mol. The maximum atomic E-state index is 13.4. The van der Waals surface area contributed by atoms with E-state index < -0.39 is 28.0 Å². The van der Waals surface area contributed by atoms with Gasteiger partial charge in [0.05, 0.1) is 4.34 Å². The lowest BCUT2D eigenvalue weighted by Crippen LogP contribution is -2.52. The molecule has 2 N–H and O–H groups in total. The summed E-state index contributed by atoms with van der Waals surface area (Å²) in [6, 6.07) is 13.0. The molecular weight excluding hydrogens is 537 g/mol. The number of sulfonamides is 1. The molecule has 0 saturated heterocycles. The molecule has 13 heteroatoms. The maximum Gasteiger partial charge on any atom is 0.329 e. The first-order chi connectivity index (χ1) is 16.6. The normalized spacial score (nSPS) is 13.2. The van der Waals surface area contributed by atoms with Crippen LogP contribution in [0.4, 0.5) is 10.5 Å². The largest absolute Gasteiger partial charge is 0.454 e. The van der Waals surface area contributed by atoms with Gasteiger partial charge in [0.15, 0.2) is 11.5 Å². The highest BCUT2D eigenvalue weighted by Crippen LogP contribution is 2.36. The first-order valence-electron chi connectivity index (χ1n) is 10.1. The van der Waals surface area contributed by atoms with Crippen molar-refractivity contribution < 1.29 is 27.5 Å². The van der Waals surface area contributed by atoms with E-state index in [0.717, 1.165) is 23.0 Å². The van der Waals surface area contributed by atoms with Crippen LogP contribution in [0.3, 0.4) is 0 Å². The van der Waals surface area contributed by atoms with Crippen molar-refractivity contribution in [3.63, 3.8) is 0 Å². The van der Waals surface area contributed by atoms with Gasteiger partial charge < -0.3 is 19.7 Å². The zero-order chi connectivity index (χ0) is 25.2. The van der Waals surface area contributed by atoms with E-state index >= 15 is 0 Å². The second-order valence-electron chi connectivity index (χ2n) is 7.44. The Morgan fingerprint density at radius 1 is 1.09 bits per heavy atom. The molecule has 2 heterocycles. The van der Waals surface area contributed by atoms with Gasteiger partial charge in [-0.2, -0.15) is 0 Å². The molecule has 0 spiro atoms. The van der Waals surface area contributed by atoms with Crippen molar-refractivity contribution in [3.05, 3.63) is 68.8 Å². The van der Waals surface area contributed by atoms with Gasteiger partial charge in [0.2, 0.25) is 12.7 Å². The lowest BCUT2D eigenvalue weighted by atomic mass is 10.0. The number of benzene rings is 2. The number of thiophene rings is 1. The zero-order valence-electron chi connectivity index (χ0n) is 18.2. The summed E-state index contributed by atoms with van der Waals surface area (Å²) >= 11 is 12.6. The minimum absolute atomic E-state index is 0.0860. The molecule has 1 aliphatic rings. The smallest absolute Gasteiger partial charge is 0.329 e. The van der Waals surface area contributed by atoms with Crippen LogP contribution < -0.4 is 24.4 Å². The molecule has 3 amide bonds. The molecule has 2 aromatic carbocycles. The summed E-state index contributed by atoms with van der Waals surface area (Å²) in [5, 5.41) is 2.47. The van der Waals surface area contributed by atoms with Crippen molar-refractivity contribution in [1.82, 2.24) is 10.0 Å². The molecule has 1 aromatic heterocycles. The van der Waals surface area contributed by atoms with Crippen molar-refractivity contribution in [1.29, 1.82) is 0 Å². The quantitative estimate of drug-likeness (QED) is 0.454. The fourth-order valence-electron chi connectivity index (χ4n) is 3.38. The van der Waals surface area contributed by atoms with Gasteiger partial charge >= 0.3 is 6.03 Å². The second-order valence-corrected chi connectivity index (χ2v) is 11.4. The van der Waals surface area contributed by atoms with Crippen LogP contribution in [-0.2, 0) is 21.2 Å². The number of carbonyl (C=O) groups excluding carboxylic acids is 2. The van der Waals surface area contributed by atoms with Crippen LogP contribution in [0.1, 0.15) is 5.56 Å². The molecular formula is C22H19Cl2N3O6S2. The molecule has 184 valence electrons. The van der Waals surface area contributed by atoms with Crippen LogP contribution in [0, 0.1) is 0 Å². The summed E-state index contributed by atoms with van der Waals surface area (Å²) < 4.78 is 37.9. The molecule has 0 bridgehead atoms. The Kier molecular flexibility index (Phi) is 7.41. The second kappa shape index (κ2) is 10.3. The van der Waals surface area contributed by atoms with Crippen LogP contribution in [0.15, 0.2) is 59.5 Å². The Morgan fingerprint density at radius 2 is 1.80 bits per heavy atom. The van der Waals surface area contributed by atoms with Gasteiger partial charge in [0.25, 0.3) is 10.0 Å². The highest BCUT2D eigenvalue weighted by Gasteiger charge is 2.29. The molecule has 1 atom stereocenters. The van der Waals surface area contributed by atoms with Crippen LogP contribution >= 0.6 is 34.5 Å². The predicted molar refractivity (Wildman–Crippen MR) is 133 cm³/mol. The number of fused-ring (bicyclic) bond motifs is 1. The minimum atomic E-state index is -4.32. The van der Waals surface area contributed by atoms with Crippen molar-refractivity contribution in [2.45, 2.75) is 17.4 Å². The molecule has 9 nitrogen and oxygen atoms in total. The van der Waals surface area contributed by atoms with Crippen LogP contribution in [-0.4, -0.2) is 40.2 Å². The van der Waals surface area contributed by atoms with Crippen LogP contribution in [0.5, 0.6) is 11.5 Å². The van der Waals surface area contributed by atoms with E-state index in [-0.39, 0.29) is 26.8 Å². The maximum absolute atomic E-state index is 13.4. The van der Waals surface area contributed by atoms with Gasteiger partial charge in [-0.05, 0) is 23.8 Å². The van der Waals surface area contributed by atoms with E-state index in [9.17, 15) is 18.0 Å². The Bertz CT molecular complexity index is 1360. The highest BCUT2D eigenvalue weighted by molar-refractivity contribution is 7.90. The molecule has 1 aliphatic heterocycles. The third-order valence-electron chi connectivity index (χ3n) is 5.10. The highest BCUT2D eigenvalue weighted by atomic mass is 35.5. The molecule has 3 aromatic rings. The van der Waals surface area contributed by atoms with Crippen LogP contribution in [0.25, 0.3) is 0 Å². The van der Waals surface area contributed by atoms with Crippen molar-refractivity contribution >= 4 is 62.2 Å². The third-order valence-corrected chi connectivity index (χ3v) is 8.19. The molecule has 35 heavy (non-hydrogen) atoms. The zero-order valence-corrected chi connectivity index (χ0v) is 21.3. The number of carbonyl (C=O) groups is 2. The standard InChI is InChI=1S/C22H19Cl2N3O6S2/c1-27(14-7-8-16-17(10-14)33-12-32-16)21(28)15(9-13-5-3-2-4-6-13)25-22(29)26-35(30,31)18-11-19(23)34-20(18)24/h2-8,10-11,15H,9,12H2,1H3,(H2,25,26,29)/t15-/m0/s1. The van der Waals surface area contributed by atoms with Gasteiger partial charge in [-0.3, -0.25) is 4.79 Å². The van der Waals surface area contributed by atoms with Crippen LogP contribution in [0.2, 0.25) is 8.67 Å². The third kappa shape index (κ3) is 5.81. The lowest BCUT2D eigenvalue weighted by molar-refractivity contribution is -0.120. The number of amides is 3. The molecule has 0 saturated carbocycles. The number of nitrogens with zero attached hydrogens (tertiary/aromatic N) is 1. The lowest BCUT2D eigenvalue weighted by Gasteiger charge is -2.25. The summed E-state index contributed by atoms with van der Waals surface area (Å²) in [5.74, 6) is 0.576. The van der Waals surface area contributed by atoms with E-state index in [2.05, 4.69) is 5.32 Å². The number of halogens is 2. The van der Waals surface area contributed by atoms with E-state index in [0.29, 0.717) is 17.2 Å². The molecule has 0 aliphatic carbocycles. The average Bonchev–Trinajstić information content (AvgIpc) is 3.43. The number of anilines is 1. The number of urea groups is 1. The molecule has 0 radical (unpaired) electrons. The molecule has 4 rings (SSSR count). The van der Waals surface area contributed by atoms with Gasteiger partial charge in [0, 0.05) is 25.2 Å². The number of rotatable bonds is 7. The van der Waals surface area contributed by atoms with Gasteiger partial charge in [-0.25, -0.2) is 17.9 Å². The fraction of sp³-hybridized carbons (Fsp3) is 0.182. The summed E-state index contributed by atoms with van der Waals surface area (Å²) in [5.41, 5.74) is 1.27. The van der Waals surface area contributed by atoms with Crippen molar-refractivity contribution in [3.8, 4) is 11.5 Å². The van der Waals surface area contributed by atoms with Crippen molar-refractivity contribution in [2.75, 3.05) is 18.7 Å². The van der Waals surface area contributed by atoms with E-state index in [1.54, 1.807) is 49.5 Å². The predicted octanol–water partition coefficient (Wildman–Crippen LogP) is 4.05. The Labute approximate surface area is 215 Å². The van der Waals surface area contributed by atoms with E-state index in [4.69, 9.17) is 32.7 Å². The molecule has 0 unspecified atom stereocenters. The monoisotopic (exact) mass is 555 g/mol. The number of ether oxygens (including phenoxy) is 2. The minimum Gasteiger partial charge on any atom is -0.454 e. The van der Waals surface area contributed by atoms with Gasteiger partial charge in [0.1, 0.15) is 15.3 Å².